The molecule has 0 radical (unpaired) electrons. The summed E-state index contributed by atoms with van der Waals surface area (Å²) < 4.78 is 25.2. The zero-order valence-corrected chi connectivity index (χ0v) is 13.4. The minimum Gasteiger partial charge on any atom is -0.354 e. The molecule has 0 aliphatic carbocycles. The van der Waals surface area contributed by atoms with Crippen LogP contribution in [0.2, 0.25) is 0 Å². The third-order valence-electron chi connectivity index (χ3n) is 3.64. The van der Waals surface area contributed by atoms with Crippen molar-refractivity contribution in [1.29, 1.82) is 0 Å². The van der Waals surface area contributed by atoms with Gasteiger partial charge < -0.3 is 10.6 Å². The first kappa shape index (κ1) is 16.2. The molecule has 2 N–H and O–H groups in total. The lowest BCUT2D eigenvalue weighted by atomic mass is 10.3. The highest BCUT2D eigenvalue weighted by Crippen LogP contribution is 2.17. The molecule has 0 atom stereocenters. The van der Waals surface area contributed by atoms with E-state index in [1.54, 1.807) is 12.1 Å². The lowest BCUT2D eigenvalue weighted by molar-refractivity contribution is 0.264. The molecule has 1 aliphatic heterocycles. The van der Waals surface area contributed by atoms with Crippen molar-refractivity contribution < 1.29 is 8.42 Å². The van der Waals surface area contributed by atoms with Gasteiger partial charge in [0.05, 0.1) is 0 Å². The number of pyridine rings is 1. The average molecular weight is 313 g/mol. The fraction of sp³-hybridized carbons (Fsp3) is 0.615. The van der Waals surface area contributed by atoms with Crippen LogP contribution in [-0.4, -0.2) is 76.0 Å². The highest BCUT2D eigenvalue weighted by Gasteiger charge is 2.20. The van der Waals surface area contributed by atoms with E-state index < -0.39 is 10.0 Å². The summed E-state index contributed by atoms with van der Waals surface area (Å²) in [5.74, 6) is 0.820. The number of rotatable bonds is 5. The second-order valence-electron chi connectivity index (χ2n) is 5.26. The van der Waals surface area contributed by atoms with Crippen LogP contribution in [0.25, 0.3) is 0 Å². The molecule has 8 heteroatoms. The Labute approximate surface area is 126 Å². The monoisotopic (exact) mass is 313 g/mol. The van der Waals surface area contributed by atoms with Crippen molar-refractivity contribution in [1.82, 2.24) is 14.2 Å². The summed E-state index contributed by atoms with van der Waals surface area (Å²) in [6, 6.07) is 3.39. The molecule has 0 amide bonds. The average Bonchev–Trinajstić information content (AvgIpc) is 2.48. The van der Waals surface area contributed by atoms with Crippen LogP contribution in [0.4, 0.5) is 5.82 Å². The minimum absolute atomic E-state index is 0.220. The Hall–Kier alpha value is -1.22. The first-order valence-corrected chi connectivity index (χ1v) is 8.45. The van der Waals surface area contributed by atoms with Gasteiger partial charge in [-0.1, -0.05) is 0 Å². The molecule has 2 rings (SSSR count). The van der Waals surface area contributed by atoms with Gasteiger partial charge in [0.15, 0.2) is 0 Å². The molecule has 2 heterocycles. The Morgan fingerprint density at radius 1 is 1.24 bits per heavy atom. The molecular formula is C13H23N5O2S. The van der Waals surface area contributed by atoms with E-state index in [1.165, 1.54) is 24.6 Å². The third-order valence-corrected chi connectivity index (χ3v) is 5.44. The Morgan fingerprint density at radius 3 is 2.38 bits per heavy atom. The Balaban J connectivity index is 2.04. The summed E-state index contributed by atoms with van der Waals surface area (Å²) in [6.45, 7) is 5.27. The summed E-state index contributed by atoms with van der Waals surface area (Å²) in [4.78, 5) is 9.01. The molecule has 1 aromatic heterocycles. The smallest absolute Gasteiger partial charge is 0.244 e. The molecule has 1 aliphatic rings. The molecule has 7 nitrogen and oxygen atoms in total. The number of sulfonamides is 1. The van der Waals surface area contributed by atoms with Crippen LogP contribution in [0, 0.1) is 0 Å². The van der Waals surface area contributed by atoms with Crippen molar-refractivity contribution in [2.45, 2.75) is 4.90 Å². The Morgan fingerprint density at radius 2 is 1.90 bits per heavy atom. The predicted molar refractivity (Wildman–Crippen MR) is 82.8 cm³/mol. The van der Waals surface area contributed by atoms with Crippen LogP contribution in [0.3, 0.4) is 0 Å². The van der Waals surface area contributed by atoms with Crippen LogP contribution < -0.4 is 10.6 Å². The van der Waals surface area contributed by atoms with Gasteiger partial charge in [0.25, 0.3) is 0 Å². The van der Waals surface area contributed by atoms with Gasteiger partial charge in [0.2, 0.25) is 10.0 Å². The van der Waals surface area contributed by atoms with Crippen molar-refractivity contribution in [3.8, 4) is 0 Å². The second-order valence-corrected chi connectivity index (χ2v) is 7.41. The van der Waals surface area contributed by atoms with E-state index in [4.69, 9.17) is 5.73 Å². The fourth-order valence-corrected chi connectivity index (χ4v) is 3.15. The molecule has 0 saturated carbocycles. The molecule has 1 fully saturated rings. The largest absolute Gasteiger partial charge is 0.354 e. The summed E-state index contributed by atoms with van der Waals surface area (Å²) >= 11 is 0. The lowest BCUT2D eigenvalue weighted by Crippen LogP contribution is -2.48. The van der Waals surface area contributed by atoms with Crippen molar-refractivity contribution in [2.24, 2.45) is 5.73 Å². The van der Waals surface area contributed by atoms with Gasteiger partial charge in [-0.2, -0.15) is 0 Å². The van der Waals surface area contributed by atoms with Gasteiger partial charge in [-0.05, 0) is 12.1 Å². The molecular weight excluding hydrogens is 290 g/mol. The van der Waals surface area contributed by atoms with Gasteiger partial charge in [0, 0.05) is 59.6 Å². The van der Waals surface area contributed by atoms with Crippen LogP contribution >= 0.6 is 0 Å². The predicted octanol–water partition coefficient (Wildman–Crippen LogP) is -0.587. The molecule has 0 unspecified atom stereocenters. The first-order valence-electron chi connectivity index (χ1n) is 7.01. The van der Waals surface area contributed by atoms with Gasteiger partial charge in [-0.25, -0.2) is 17.7 Å². The summed E-state index contributed by atoms with van der Waals surface area (Å²) in [5.41, 5.74) is 5.56. The van der Waals surface area contributed by atoms with E-state index in [0.29, 0.717) is 6.54 Å². The molecule has 21 heavy (non-hydrogen) atoms. The summed E-state index contributed by atoms with van der Waals surface area (Å²) in [7, 11) is -0.383. The number of anilines is 1. The lowest BCUT2D eigenvalue weighted by Gasteiger charge is -2.35. The molecule has 0 aromatic carbocycles. The van der Waals surface area contributed by atoms with Crippen molar-refractivity contribution in [3.05, 3.63) is 18.3 Å². The van der Waals surface area contributed by atoms with Gasteiger partial charge >= 0.3 is 0 Å². The first-order chi connectivity index (χ1) is 9.95. The molecule has 0 bridgehead atoms. The fourth-order valence-electron chi connectivity index (χ4n) is 2.31. The van der Waals surface area contributed by atoms with E-state index in [2.05, 4.69) is 14.8 Å². The van der Waals surface area contributed by atoms with Crippen molar-refractivity contribution in [3.63, 3.8) is 0 Å². The molecule has 0 spiro atoms. The second kappa shape index (κ2) is 6.69. The van der Waals surface area contributed by atoms with Crippen LogP contribution in [0.15, 0.2) is 23.2 Å². The normalized spacial score (nSPS) is 17.4. The highest BCUT2D eigenvalue weighted by molar-refractivity contribution is 7.89. The maximum absolute atomic E-state index is 12.0. The van der Waals surface area contributed by atoms with E-state index in [9.17, 15) is 8.42 Å². The van der Waals surface area contributed by atoms with Crippen LogP contribution in [0.1, 0.15) is 0 Å². The zero-order chi connectivity index (χ0) is 15.5. The number of piperazine rings is 1. The van der Waals surface area contributed by atoms with Crippen LogP contribution in [0.5, 0.6) is 0 Å². The maximum atomic E-state index is 12.0. The van der Waals surface area contributed by atoms with Crippen LogP contribution in [-0.2, 0) is 10.0 Å². The number of hydrogen-bond acceptors (Lipinski definition) is 6. The number of nitrogens with zero attached hydrogens (tertiary/aromatic N) is 4. The van der Waals surface area contributed by atoms with Crippen molar-refractivity contribution >= 4 is 15.8 Å². The van der Waals surface area contributed by atoms with Crippen molar-refractivity contribution in [2.75, 3.05) is 58.3 Å². The Kier molecular flexibility index (Phi) is 5.15. The number of nitrogens with two attached hydrogens (primary N) is 1. The number of hydrogen-bond donors (Lipinski definition) is 1. The highest BCUT2D eigenvalue weighted by atomic mass is 32.2. The van der Waals surface area contributed by atoms with Gasteiger partial charge in [-0.3, -0.25) is 4.90 Å². The molecule has 1 saturated heterocycles. The van der Waals surface area contributed by atoms with Gasteiger partial charge in [0.1, 0.15) is 10.7 Å². The maximum Gasteiger partial charge on any atom is 0.244 e. The minimum atomic E-state index is -3.41. The molecule has 1 aromatic rings. The SMILES string of the molecule is CN(C)S(=O)(=O)c1ccc(N2CCN(CCN)CC2)nc1. The Bertz CT molecular complexity index is 550. The zero-order valence-electron chi connectivity index (χ0n) is 12.6. The third kappa shape index (κ3) is 3.70. The quantitative estimate of drug-likeness (QED) is 0.782. The standard InChI is InChI=1S/C13H23N5O2S/c1-16(2)21(19,20)12-3-4-13(15-11-12)18-9-7-17(6-5-14)8-10-18/h3-4,11H,5-10,14H2,1-2H3. The topological polar surface area (TPSA) is 82.8 Å². The van der Waals surface area contributed by atoms with E-state index >= 15 is 0 Å². The van der Waals surface area contributed by atoms with E-state index in [-0.39, 0.29) is 4.90 Å². The van der Waals surface area contributed by atoms with E-state index in [0.717, 1.165) is 38.5 Å². The molecule has 118 valence electrons. The summed E-state index contributed by atoms with van der Waals surface area (Å²) in [5, 5.41) is 0. The van der Waals surface area contributed by atoms with Gasteiger partial charge in [-0.15, -0.1) is 0 Å². The number of aromatic nitrogens is 1. The summed E-state index contributed by atoms with van der Waals surface area (Å²) in [6.07, 6.45) is 1.43. The van der Waals surface area contributed by atoms with E-state index in [1.807, 2.05) is 0 Å².